The van der Waals surface area contributed by atoms with E-state index in [1.165, 1.54) is 12.8 Å². The third-order valence-corrected chi connectivity index (χ3v) is 3.33. The van der Waals surface area contributed by atoms with Gasteiger partial charge in [-0.25, -0.2) is 9.97 Å². The van der Waals surface area contributed by atoms with E-state index in [0.717, 1.165) is 24.1 Å². The van der Waals surface area contributed by atoms with Crippen LogP contribution in [0, 0.1) is 11.8 Å². The molecule has 15 heavy (non-hydrogen) atoms. The number of nitrogens with zero attached hydrogens (tertiary/aromatic N) is 2. The van der Waals surface area contributed by atoms with Crippen molar-refractivity contribution in [2.24, 2.45) is 11.8 Å². The average molecular weight is 205 g/mol. The fourth-order valence-electron chi connectivity index (χ4n) is 2.04. The van der Waals surface area contributed by atoms with Crippen molar-refractivity contribution in [3.8, 4) is 0 Å². The smallest absolute Gasteiger partial charge is 0.115 e. The molecule has 0 radical (unpaired) electrons. The lowest BCUT2D eigenvalue weighted by atomic mass is 9.74. The summed E-state index contributed by atoms with van der Waals surface area (Å²) in [6.45, 7) is 5.49. The summed E-state index contributed by atoms with van der Waals surface area (Å²) in [6, 6.07) is 2.67. The van der Waals surface area contributed by atoms with Crippen LogP contribution in [0.4, 0.5) is 0 Å². The van der Waals surface area contributed by atoms with Crippen LogP contribution in [-0.4, -0.2) is 16.0 Å². The minimum Gasteiger partial charge on any atom is -0.308 e. The number of aromatic nitrogens is 2. The molecule has 0 saturated heterocycles. The molecule has 0 bridgehead atoms. The van der Waals surface area contributed by atoms with Crippen molar-refractivity contribution in [3.63, 3.8) is 0 Å². The molecule has 0 unspecified atom stereocenters. The first-order valence-corrected chi connectivity index (χ1v) is 5.74. The van der Waals surface area contributed by atoms with Crippen molar-refractivity contribution in [1.29, 1.82) is 0 Å². The van der Waals surface area contributed by atoms with Crippen molar-refractivity contribution >= 4 is 0 Å². The molecule has 0 spiro atoms. The summed E-state index contributed by atoms with van der Waals surface area (Å²) in [5.74, 6) is 1.76. The highest BCUT2D eigenvalue weighted by atomic mass is 15.0. The fourth-order valence-corrected chi connectivity index (χ4v) is 2.04. The number of hydrogen-bond donors (Lipinski definition) is 1. The van der Waals surface area contributed by atoms with Crippen LogP contribution in [0.25, 0.3) is 0 Å². The molecule has 2 rings (SSSR count). The monoisotopic (exact) mass is 205 g/mol. The third kappa shape index (κ3) is 2.75. The second kappa shape index (κ2) is 4.71. The van der Waals surface area contributed by atoms with Gasteiger partial charge in [0, 0.05) is 18.8 Å². The largest absolute Gasteiger partial charge is 0.308 e. The first-order chi connectivity index (χ1) is 7.25. The van der Waals surface area contributed by atoms with Crippen LogP contribution in [0.1, 0.15) is 32.4 Å². The molecule has 1 aliphatic carbocycles. The van der Waals surface area contributed by atoms with Crippen molar-refractivity contribution < 1.29 is 0 Å². The van der Waals surface area contributed by atoms with E-state index in [4.69, 9.17) is 0 Å². The van der Waals surface area contributed by atoms with Gasteiger partial charge in [-0.05, 0) is 30.7 Å². The van der Waals surface area contributed by atoms with E-state index >= 15 is 0 Å². The van der Waals surface area contributed by atoms with Crippen LogP contribution in [-0.2, 0) is 6.54 Å². The SMILES string of the molecule is CC(C)C1CC(NCc2ccncn2)C1. The Hall–Kier alpha value is -0.960. The maximum atomic E-state index is 4.19. The summed E-state index contributed by atoms with van der Waals surface area (Å²) < 4.78 is 0. The summed E-state index contributed by atoms with van der Waals surface area (Å²) in [6.07, 6.45) is 6.04. The molecule has 0 aliphatic heterocycles. The molecule has 82 valence electrons. The zero-order chi connectivity index (χ0) is 10.7. The Morgan fingerprint density at radius 2 is 2.27 bits per heavy atom. The molecule has 1 aromatic rings. The highest BCUT2D eigenvalue weighted by Crippen LogP contribution is 2.33. The van der Waals surface area contributed by atoms with E-state index < -0.39 is 0 Å². The molecule has 1 aromatic heterocycles. The van der Waals surface area contributed by atoms with E-state index in [9.17, 15) is 0 Å². The van der Waals surface area contributed by atoms with E-state index in [-0.39, 0.29) is 0 Å². The van der Waals surface area contributed by atoms with E-state index in [0.29, 0.717) is 6.04 Å². The predicted molar refractivity (Wildman–Crippen MR) is 60.2 cm³/mol. The van der Waals surface area contributed by atoms with Gasteiger partial charge in [0.15, 0.2) is 0 Å². The maximum Gasteiger partial charge on any atom is 0.115 e. The minimum absolute atomic E-state index is 0.701. The average Bonchev–Trinajstić information content (AvgIpc) is 2.16. The molecule has 0 aromatic carbocycles. The zero-order valence-corrected chi connectivity index (χ0v) is 9.48. The predicted octanol–water partition coefficient (Wildman–Crippen LogP) is 2.00. The Morgan fingerprint density at radius 1 is 1.47 bits per heavy atom. The van der Waals surface area contributed by atoms with Crippen molar-refractivity contribution in [3.05, 3.63) is 24.3 Å². The Balaban J connectivity index is 1.69. The van der Waals surface area contributed by atoms with Crippen LogP contribution in [0.15, 0.2) is 18.6 Å². The Kier molecular flexibility index (Phi) is 3.31. The highest BCUT2D eigenvalue weighted by molar-refractivity contribution is 4.98. The first-order valence-electron chi connectivity index (χ1n) is 5.74. The lowest BCUT2D eigenvalue weighted by Crippen LogP contribution is -2.42. The number of hydrogen-bond acceptors (Lipinski definition) is 3. The second-order valence-corrected chi connectivity index (χ2v) is 4.75. The van der Waals surface area contributed by atoms with Gasteiger partial charge >= 0.3 is 0 Å². The minimum atomic E-state index is 0.701. The van der Waals surface area contributed by atoms with Crippen LogP contribution >= 0.6 is 0 Å². The van der Waals surface area contributed by atoms with Crippen LogP contribution < -0.4 is 5.32 Å². The van der Waals surface area contributed by atoms with Crippen LogP contribution in [0.5, 0.6) is 0 Å². The molecule has 1 aliphatic rings. The third-order valence-electron chi connectivity index (χ3n) is 3.33. The van der Waals surface area contributed by atoms with Gasteiger partial charge in [-0.1, -0.05) is 13.8 Å². The fraction of sp³-hybridized carbons (Fsp3) is 0.667. The van der Waals surface area contributed by atoms with E-state index in [1.807, 2.05) is 6.07 Å². The molecule has 1 saturated carbocycles. The van der Waals surface area contributed by atoms with Crippen LogP contribution in [0.2, 0.25) is 0 Å². The summed E-state index contributed by atoms with van der Waals surface area (Å²) in [5.41, 5.74) is 1.08. The number of nitrogens with one attached hydrogen (secondary N) is 1. The van der Waals surface area contributed by atoms with Gasteiger partial charge in [0.05, 0.1) is 5.69 Å². The van der Waals surface area contributed by atoms with Gasteiger partial charge in [-0.15, -0.1) is 0 Å². The van der Waals surface area contributed by atoms with Crippen molar-refractivity contribution in [2.45, 2.75) is 39.3 Å². The second-order valence-electron chi connectivity index (χ2n) is 4.75. The summed E-state index contributed by atoms with van der Waals surface area (Å²) in [7, 11) is 0. The van der Waals surface area contributed by atoms with Gasteiger partial charge in [0.2, 0.25) is 0 Å². The molecule has 1 heterocycles. The van der Waals surface area contributed by atoms with Gasteiger partial charge in [-0.3, -0.25) is 0 Å². The molecule has 1 fully saturated rings. The highest BCUT2D eigenvalue weighted by Gasteiger charge is 2.30. The maximum absolute atomic E-state index is 4.19. The Bertz CT molecular complexity index is 291. The summed E-state index contributed by atoms with van der Waals surface area (Å²) in [5, 5.41) is 3.53. The van der Waals surface area contributed by atoms with E-state index in [2.05, 4.69) is 29.1 Å². The normalized spacial score (nSPS) is 25.3. The van der Waals surface area contributed by atoms with Gasteiger partial charge in [0.1, 0.15) is 6.33 Å². The van der Waals surface area contributed by atoms with Gasteiger partial charge in [0.25, 0.3) is 0 Å². The quantitative estimate of drug-likeness (QED) is 0.817. The lowest BCUT2D eigenvalue weighted by molar-refractivity contribution is 0.167. The standard InChI is InChI=1S/C12H19N3/c1-9(2)10-5-12(6-10)14-7-11-3-4-13-8-15-11/h3-4,8-10,12,14H,5-7H2,1-2H3. The molecule has 0 atom stereocenters. The molecule has 1 N–H and O–H groups in total. The first kappa shape index (κ1) is 10.6. The lowest BCUT2D eigenvalue weighted by Gasteiger charge is -2.38. The summed E-state index contributed by atoms with van der Waals surface area (Å²) in [4.78, 5) is 8.09. The topological polar surface area (TPSA) is 37.8 Å². The molecular weight excluding hydrogens is 186 g/mol. The number of rotatable bonds is 4. The van der Waals surface area contributed by atoms with Crippen molar-refractivity contribution in [1.82, 2.24) is 15.3 Å². The van der Waals surface area contributed by atoms with Gasteiger partial charge in [-0.2, -0.15) is 0 Å². The molecule has 3 nitrogen and oxygen atoms in total. The van der Waals surface area contributed by atoms with Gasteiger partial charge < -0.3 is 5.32 Å². The molecular formula is C12H19N3. The summed E-state index contributed by atoms with van der Waals surface area (Å²) >= 11 is 0. The molecule has 3 heteroatoms. The van der Waals surface area contributed by atoms with E-state index in [1.54, 1.807) is 12.5 Å². The molecule has 0 amide bonds. The van der Waals surface area contributed by atoms with Crippen LogP contribution in [0.3, 0.4) is 0 Å². The Morgan fingerprint density at radius 3 is 2.87 bits per heavy atom. The van der Waals surface area contributed by atoms with Crippen molar-refractivity contribution in [2.75, 3.05) is 0 Å². The Labute approximate surface area is 91.3 Å². The zero-order valence-electron chi connectivity index (χ0n) is 9.48.